The summed E-state index contributed by atoms with van der Waals surface area (Å²) in [6.07, 6.45) is 0.960. The topological polar surface area (TPSA) is 123 Å². The molecular weight excluding hydrogens is 426 g/mol. The van der Waals surface area contributed by atoms with Gasteiger partial charge in [-0.25, -0.2) is 0 Å². The molecule has 1 unspecified atom stereocenters. The van der Waals surface area contributed by atoms with Crippen LogP contribution in [-0.4, -0.2) is 74.1 Å². The number of carbonyl (C=O) groups excluding carboxylic acids is 4. The van der Waals surface area contributed by atoms with E-state index in [0.29, 0.717) is 45.3 Å². The molecule has 31 heavy (non-hydrogen) atoms. The molecule has 168 valence electrons. The maximum absolute atomic E-state index is 13.0. The first-order valence-corrected chi connectivity index (χ1v) is 10.4. The second-order valence-electron chi connectivity index (χ2n) is 7.01. The summed E-state index contributed by atoms with van der Waals surface area (Å²) in [5, 5.41) is 5.30. The number of benzene rings is 1. The van der Waals surface area contributed by atoms with Crippen molar-refractivity contribution in [2.45, 2.75) is 25.3 Å². The van der Waals surface area contributed by atoms with E-state index in [0.717, 1.165) is 11.3 Å². The van der Waals surface area contributed by atoms with E-state index >= 15 is 0 Å². The fourth-order valence-electron chi connectivity index (χ4n) is 3.47. The van der Waals surface area contributed by atoms with E-state index in [-0.39, 0.29) is 24.0 Å². The summed E-state index contributed by atoms with van der Waals surface area (Å²) in [6, 6.07) is 3.94. The van der Waals surface area contributed by atoms with Crippen molar-refractivity contribution < 1.29 is 32.8 Å². The van der Waals surface area contributed by atoms with Crippen LogP contribution in [0.5, 0.6) is 0 Å². The highest BCUT2D eigenvalue weighted by molar-refractivity contribution is 7.75. The number of rotatable bonds is 12. The first-order chi connectivity index (χ1) is 15.0. The fourth-order valence-corrected chi connectivity index (χ4v) is 3.60. The molecule has 0 saturated carbocycles. The predicted octanol–water partition coefficient (Wildman–Crippen LogP) is 0.784. The summed E-state index contributed by atoms with van der Waals surface area (Å²) < 4.78 is 15.5. The molecule has 1 atom stereocenters. The Morgan fingerprint density at radius 1 is 1.03 bits per heavy atom. The van der Waals surface area contributed by atoms with Crippen LogP contribution in [0, 0.1) is 0 Å². The summed E-state index contributed by atoms with van der Waals surface area (Å²) in [7, 11) is 0. The molecule has 1 fully saturated rings. The molecule has 1 aromatic rings. The van der Waals surface area contributed by atoms with Gasteiger partial charge in [-0.2, -0.15) is 0 Å². The number of nitrogens with zero attached hydrogens (tertiary/aromatic N) is 1. The number of amides is 4. The van der Waals surface area contributed by atoms with Gasteiger partial charge < -0.3 is 19.0 Å². The molecule has 3 rings (SSSR count). The van der Waals surface area contributed by atoms with E-state index in [1.807, 2.05) is 0 Å². The van der Waals surface area contributed by atoms with E-state index in [9.17, 15) is 19.2 Å². The van der Waals surface area contributed by atoms with Gasteiger partial charge in [-0.05, 0) is 37.9 Å². The molecule has 2 aliphatic rings. The van der Waals surface area contributed by atoms with Crippen LogP contribution < -0.4 is 10.6 Å². The normalized spacial score (nSPS) is 18.4. The predicted molar refractivity (Wildman–Crippen MR) is 113 cm³/mol. The quantitative estimate of drug-likeness (QED) is 0.184. The SMILES string of the molecule is O=C1CCC(N2C(=O)c3cccc(NCCOCCOCCCOS)c3C2=O)C(=O)N1. The lowest BCUT2D eigenvalue weighted by Gasteiger charge is -2.27. The van der Waals surface area contributed by atoms with Gasteiger partial charge in [0.05, 0.1) is 37.6 Å². The minimum atomic E-state index is -0.986. The zero-order valence-electron chi connectivity index (χ0n) is 16.9. The van der Waals surface area contributed by atoms with E-state index in [1.54, 1.807) is 18.2 Å². The summed E-state index contributed by atoms with van der Waals surface area (Å²) in [4.78, 5) is 50.3. The number of anilines is 1. The summed E-state index contributed by atoms with van der Waals surface area (Å²) in [6.45, 7) is 2.78. The van der Waals surface area contributed by atoms with E-state index in [2.05, 4.69) is 27.7 Å². The van der Waals surface area contributed by atoms with Gasteiger partial charge in [0.15, 0.2) is 0 Å². The molecule has 4 amide bonds. The number of ether oxygens (including phenoxy) is 2. The average Bonchev–Trinajstić information content (AvgIpc) is 3.01. The molecule has 11 heteroatoms. The molecular formula is C20H25N3O7S. The van der Waals surface area contributed by atoms with Crippen LogP contribution in [0.2, 0.25) is 0 Å². The van der Waals surface area contributed by atoms with Gasteiger partial charge in [-0.1, -0.05) is 6.07 Å². The second kappa shape index (κ2) is 11.2. The second-order valence-corrected chi connectivity index (χ2v) is 7.27. The Hall–Kier alpha value is -2.47. The lowest BCUT2D eigenvalue weighted by Crippen LogP contribution is -2.54. The molecule has 2 heterocycles. The summed E-state index contributed by atoms with van der Waals surface area (Å²) >= 11 is 3.65. The van der Waals surface area contributed by atoms with Crippen molar-refractivity contribution in [3.05, 3.63) is 29.3 Å². The maximum Gasteiger partial charge on any atom is 0.264 e. The fraction of sp³-hybridized carbons (Fsp3) is 0.500. The van der Waals surface area contributed by atoms with Crippen LogP contribution in [-0.2, 0) is 23.2 Å². The highest BCUT2D eigenvalue weighted by Gasteiger charge is 2.45. The first-order valence-electron chi connectivity index (χ1n) is 10.0. The van der Waals surface area contributed by atoms with E-state index in [4.69, 9.17) is 9.47 Å². The Kier molecular flexibility index (Phi) is 8.41. The molecule has 0 aromatic heterocycles. The largest absolute Gasteiger partial charge is 0.382 e. The number of imide groups is 2. The number of thiol groups is 1. The molecule has 0 spiro atoms. The number of hydrogen-bond donors (Lipinski definition) is 3. The minimum absolute atomic E-state index is 0.0823. The van der Waals surface area contributed by atoms with Crippen LogP contribution in [0.25, 0.3) is 0 Å². The first kappa shape index (κ1) is 23.2. The van der Waals surface area contributed by atoms with Crippen molar-refractivity contribution in [1.82, 2.24) is 10.2 Å². The van der Waals surface area contributed by atoms with Gasteiger partial charge in [0.25, 0.3) is 11.8 Å². The monoisotopic (exact) mass is 451 g/mol. The standard InChI is InChI=1S/C20H25N3O7S/c24-16-6-5-15(18(25)22-16)23-19(26)13-3-1-4-14(17(13)20(23)27)21-7-10-29-12-11-28-8-2-9-30-31/h1,3-4,15,21,31H,2,5-12H2,(H,22,24,25). The Morgan fingerprint density at radius 2 is 1.81 bits per heavy atom. The maximum atomic E-state index is 13.0. The Morgan fingerprint density at radius 3 is 2.55 bits per heavy atom. The Labute approximate surface area is 185 Å². The third kappa shape index (κ3) is 5.62. The third-order valence-electron chi connectivity index (χ3n) is 4.93. The van der Waals surface area contributed by atoms with Crippen molar-refractivity contribution in [1.29, 1.82) is 0 Å². The smallest absolute Gasteiger partial charge is 0.264 e. The Bertz CT molecular complexity index is 848. The highest BCUT2D eigenvalue weighted by atomic mass is 32.1. The van der Waals surface area contributed by atoms with Gasteiger partial charge in [-0.15, -0.1) is 0 Å². The average molecular weight is 452 g/mol. The number of nitrogens with one attached hydrogen (secondary N) is 2. The molecule has 0 radical (unpaired) electrons. The summed E-state index contributed by atoms with van der Waals surface area (Å²) in [5.74, 6) is -2.11. The Balaban J connectivity index is 1.51. The molecule has 1 aromatic carbocycles. The molecule has 2 aliphatic heterocycles. The molecule has 0 bridgehead atoms. The van der Waals surface area contributed by atoms with Crippen molar-refractivity contribution in [2.75, 3.05) is 44.9 Å². The van der Waals surface area contributed by atoms with Gasteiger partial charge >= 0.3 is 0 Å². The number of piperidine rings is 1. The third-order valence-corrected chi connectivity index (χ3v) is 5.11. The van der Waals surface area contributed by atoms with Gasteiger partial charge in [-0.3, -0.25) is 29.4 Å². The van der Waals surface area contributed by atoms with Crippen molar-refractivity contribution >= 4 is 42.2 Å². The number of hydrogen-bond acceptors (Lipinski definition) is 9. The lowest BCUT2D eigenvalue weighted by atomic mass is 10.0. The number of fused-ring (bicyclic) bond motifs is 1. The van der Waals surface area contributed by atoms with Gasteiger partial charge in [0.1, 0.15) is 6.04 Å². The van der Waals surface area contributed by atoms with Crippen molar-refractivity contribution in [3.8, 4) is 0 Å². The number of carbonyl (C=O) groups is 4. The van der Waals surface area contributed by atoms with E-state index < -0.39 is 29.7 Å². The van der Waals surface area contributed by atoms with Crippen molar-refractivity contribution in [2.24, 2.45) is 0 Å². The molecule has 10 nitrogen and oxygen atoms in total. The van der Waals surface area contributed by atoms with Crippen molar-refractivity contribution in [3.63, 3.8) is 0 Å². The highest BCUT2D eigenvalue weighted by Crippen LogP contribution is 2.32. The lowest BCUT2D eigenvalue weighted by molar-refractivity contribution is -0.136. The summed E-state index contributed by atoms with van der Waals surface area (Å²) in [5.41, 5.74) is 0.961. The van der Waals surface area contributed by atoms with Crippen LogP contribution in [0.4, 0.5) is 5.69 Å². The van der Waals surface area contributed by atoms with Crippen LogP contribution in [0.15, 0.2) is 18.2 Å². The molecule has 1 saturated heterocycles. The minimum Gasteiger partial charge on any atom is -0.382 e. The molecule has 2 N–H and O–H groups in total. The van der Waals surface area contributed by atoms with Gasteiger partial charge in [0, 0.05) is 25.3 Å². The van der Waals surface area contributed by atoms with E-state index in [1.165, 1.54) is 0 Å². The van der Waals surface area contributed by atoms with Crippen LogP contribution in [0.3, 0.4) is 0 Å². The van der Waals surface area contributed by atoms with Gasteiger partial charge in [0.2, 0.25) is 11.8 Å². The molecule has 0 aliphatic carbocycles. The van der Waals surface area contributed by atoms with Crippen LogP contribution >= 0.6 is 12.9 Å². The zero-order valence-corrected chi connectivity index (χ0v) is 17.8. The zero-order chi connectivity index (χ0) is 22.2. The van der Waals surface area contributed by atoms with Crippen LogP contribution in [0.1, 0.15) is 40.0 Å².